The van der Waals surface area contributed by atoms with Gasteiger partial charge in [0.1, 0.15) is 0 Å². The van der Waals surface area contributed by atoms with Crippen LogP contribution in [0, 0.1) is 0 Å². The predicted octanol–water partition coefficient (Wildman–Crippen LogP) is 0.326. The van der Waals surface area contributed by atoms with Gasteiger partial charge in [0.2, 0.25) is 0 Å². The summed E-state index contributed by atoms with van der Waals surface area (Å²) in [5, 5.41) is 0. The first-order chi connectivity index (χ1) is 9.75. The Hall–Kier alpha value is -1.79. The van der Waals surface area contributed by atoms with Crippen molar-refractivity contribution in [1.82, 2.24) is 4.90 Å². The van der Waals surface area contributed by atoms with Crippen LogP contribution in [0.3, 0.4) is 0 Å². The molecule has 2 aliphatic heterocycles. The number of rotatable bonds is 3. The van der Waals surface area contributed by atoms with Gasteiger partial charge in [-0.05, 0) is 12.1 Å². The molecule has 1 fully saturated rings. The molecule has 108 valence electrons. The van der Waals surface area contributed by atoms with E-state index in [0.29, 0.717) is 18.0 Å². The van der Waals surface area contributed by atoms with E-state index in [2.05, 4.69) is 4.90 Å². The van der Waals surface area contributed by atoms with Crippen LogP contribution in [-0.2, 0) is 9.53 Å². The Labute approximate surface area is 118 Å². The predicted molar refractivity (Wildman–Crippen MR) is 76.0 cm³/mol. The molecule has 0 saturated carbocycles. The molecule has 2 N–H and O–H groups in total. The molecule has 1 aromatic carbocycles. The van der Waals surface area contributed by atoms with E-state index in [9.17, 15) is 4.79 Å². The van der Waals surface area contributed by atoms with Crippen molar-refractivity contribution in [3.05, 3.63) is 18.2 Å². The average Bonchev–Trinajstić information content (AvgIpc) is 2.47. The Morgan fingerprint density at radius 3 is 2.80 bits per heavy atom. The quantitative estimate of drug-likeness (QED) is 0.806. The highest BCUT2D eigenvalue weighted by Crippen LogP contribution is 2.36. The first-order valence-corrected chi connectivity index (χ1v) is 6.87. The number of nitrogens with two attached hydrogens (primary N) is 1. The molecule has 0 radical (unpaired) electrons. The fraction of sp³-hybridized carbons (Fsp3) is 0.500. The smallest absolute Gasteiger partial charge is 0.265 e. The monoisotopic (exact) mass is 277 g/mol. The summed E-state index contributed by atoms with van der Waals surface area (Å²) in [6.45, 7) is 4.91. The van der Waals surface area contributed by atoms with E-state index in [4.69, 9.17) is 15.2 Å². The average molecular weight is 277 g/mol. The molecular weight excluding hydrogens is 258 g/mol. The van der Waals surface area contributed by atoms with Crippen molar-refractivity contribution in [2.75, 3.05) is 56.6 Å². The lowest BCUT2D eigenvalue weighted by Crippen LogP contribution is -2.46. The van der Waals surface area contributed by atoms with Crippen molar-refractivity contribution < 1.29 is 14.3 Å². The third-order valence-electron chi connectivity index (χ3n) is 3.70. The molecule has 1 aromatic rings. The highest BCUT2D eigenvalue weighted by molar-refractivity contribution is 5.99. The molecule has 0 bridgehead atoms. The van der Waals surface area contributed by atoms with Gasteiger partial charge in [-0.25, -0.2) is 0 Å². The van der Waals surface area contributed by atoms with Crippen LogP contribution < -0.4 is 15.4 Å². The third-order valence-corrected chi connectivity index (χ3v) is 3.70. The van der Waals surface area contributed by atoms with Gasteiger partial charge in [-0.15, -0.1) is 0 Å². The number of morpholine rings is 1. The minimum Gasteiger partial charge on any atom is -0.479 e. The largest absolute Gasteiger partial charge is 0.479 e. The van der Waals surface area contributed by atoms with E-state index < -0.39 is 0 Å². The number of hydrogen-bond donors (Lipinski definition) is 1. The van der Waals surface area contributed by atoms with Crippen molar-refractivity contribution in [2.24, 2.45) is 0 Å². The van der Waals surface area contributed by atoms with Crippen molar-refractivity contribution in [3.8, 4) is 5.75 Å². The van der Waals surface area contributed by atoms with Gasteiger partial charge in [-0.3, -0.25) is 9.69 Å². The summed E-state index contributed by atoms with van der Waals surface area (Å²) < 4.78 is 10.8. The van der Waals surface area contributed by atoms with Gasteiger partial charge >= 0.3 is 0 Å². The number of amides is 1. The van der Waals surface area contributed by atoms with Crippen LogP contribution in [-0.4, -0.2) is 56.8 Å². The Balaban J connectivity index is 1.72. The fourth-order valence-electron chi connectivity index (χ4n) is 2.57. The molecule has 20 heavy (non-hydrogen) atoms. The summed E-state index contributed by atoms with van der Waals surface area (Å²) in [4.78, 5) is 16.1. The van der Waals surface area contributed by atoms with Gasteiger partial charge in [0.05, 0.1) is 24.6 Å². The zero-order chi connectivity index (χ0) is 13.9. The second-order valence-corrected chi connectivity index (χ2v) is 4.98. The lowest BCUT2D eigenvalue weighted by Gasteiger charge is -2.33. The summed E-state index contributed by atoms with van der Waals surface area (Å²) in [5.41, 5.74) is 7.25. The molecular formula is C14H19N3O3. The van der Waals surface area contributed by atoms with Crippen molar-refractivity contribution in [1.29, 1.82) is 0 Å². The Bertz CT molecular complexity index is 500. The summed E-state index contributed by atoms with van der Waals surface area (Å²) >= 11 is 0. The van der Waals surface area contributed by atoms with E-state index in [-0.39, 0.29) is 12.5 Å². The molecule has 0 atom stereocenters. The summed E-state index contributed by atoms with van der Waals surface area (Å²) in [6, 6.07) is 5.51. The highest BCUT2D eigenvalue weighted by atomic mass is 16.5. The van der Waals surface area contributed by atoms with Crippen LogP contribution in [0.1, 0.15) is 0 Å². The van der Waals surface area contributed by atoms with Crippen LogP contribution in [0.4, 0.5) is 11.4 Å². The summed E-state index contributed by atoms with van der Waals surface area (Å²) in [5.74, 6) is 0.602. The number of ether oxygens (including phenoxy) is 2. The van der Waals surface area contributed by atoms with E-state index in [0.717, 1.165) is 38.5 Å². The minimum absolute atomic E-state index is 0.0173. The van der Waals surface area contributed by atoms with Crippen molar-refractivity contribution >= 4 is 17.3 Å². The van der Waals surface area contributed by atoms with Gasteiger partial charge in [0.25, 0.3) is 5.91 Å². The first kappa shape index (κ1) is 13.2. The second-order valence-electron chi connectivity index (χ2n) is 4.98. The van der Waals surface area contributed by atoms with Crippen LogP contribution >= 0.6 is 0 Å². The van der Waals surface area contributed by atoms with Gasteiger partial charge in [0, 0.05) is 26.2 Å². The van der Waals surface area contributed by atoms with E-state index >= 15 is 0 Å². The maximum Gasteiger partial charge on any atom is 0.265 e. The fourth-order valence-corrected chi connectivity index (χ4v) is 2.57. The molecule has 2 aliphatic rings. The van der Waals surface area contributed by atoms with Gasteiger partial charge in [-0.1, -0.05) is 6.07 Å². The number of carbonyl (C=O) groups excluding carboxylic acids is 1. The Morgan fingerprint density at radius 2 is 2.00 bits per heavy atom. The summed E-state index contributed by atoms with van der Waals surface area (Å²) in [6.07, 6.45) is 0. The molecule has 6 nitrogen and oxygen atoms in total. The highest BCUT2D eigenvalue weighted by Gasteiger charge is 2.27. The molecule has 0 unspecified atom stereocenters. The Kier molecular flexibility index (Phi) is 3.75. The molecule has 0 aromatic heterocycles. The first-order valence-electron chi connectivity index (χ1n) is 6.87. The molecule has 1 saturated heterocycles. The molecule has 2 heterocycles. The molecule has 6 heteroatoms. The number of hydrogen-bond acceptors (Lipinski definition) is 5. The second kappa shape index (κ2) is 5.68. The van der Waals surface area contributed by atoms with E-state index in [1.54, 1.807) is 11.0 Å². The number of anilines is 2. The van der Waals surface area contributed by atoms with Crippen LogP contribution in [0.5, 0.6) is 5.75 Å². The van der Waals surface area contributed by atoms with Crippen LogP contribution in [0.25, 0.3) is 0 Å². The maximum absolute atomic E-state index is 12.1. The van der Waals surface area contributed by atoms with Gasteiger partial charge < -0.3 is 20.1 Å². The van der Waals surface area contributed by atoms with Crippen LogP contribution in [0.2, 0.25) is 0 Å². The Morgan fingerprint density at radius 1 is 1.20 bits per heavy atom. The standard InChI is InChI=1S/C14H19N3O3/c15-11-2-1-3-12-14(11)20-10-13(18)17(12)5-4-16-6-8-19-9-7-16/h1-3H,4-10,15H2. The number of para-hydroxylation sites is 1. The number of nitrogens with zero attached hydrogens (tertiary/aromatic N) is 2. The van der Waals surface area contributed by atoms with Gasteiger partial charge in [0.15, 0.2) is 12.4 Å². The minimum atomic E-state index is -0.0173. The van der Waals surface area contributed by atoms with E-state index in [1.165, 1.54) is 0 Å². The summed E-state index contributed by atoms with van der Waals surface area (Å²) in [7, 11) is 0. The molecule has 3 rings (SSSR count). The van der Waals surface area contributed by atoms with E-state index in [1.807, 2.05) is 12.1 Å². The molecule has 0 aliphatic carbocycles. The number of nitrogen functional groups attached to an aromatic ring is 1. The SMILES string of the molecule is Nc1cccc2c1OCC(=O)N2CCN1CCOCC1. The lowest BCUT2D eigenvalue weighted by atomic mass is 10.2. The number of benzene rings is 1. The lowest BCUT2D eigenvalue weighted by molar-refractivity contribution is -0.121. The zero-order valence-electron chi connectivity index (χ0n) is 11.4. The third kappa shape index (κ3) is 2.57. The van der Waals surface area contributed by atoms with Crippen LogP contribution in [0.15, 0.2) is 18.2 Å². The normalized spacial score (nSPS) is 19.6. The molecule has 0 spiro atoms. The number of carbonyl (C=O) groups is 1. The van der Waals surface area contributed by atoms with Gasteiger partial charge in [-0.2, -0.15) is 0 Å². The topological polar surface area (TPSA) is 68.0 Å². The van der Waals surface area contributed by atoms with Crippen molar-refractivity contribution in [3.63, 3.8) is 0 Å². The zero-order valence-corrected chi connectivity index (χ0v) is 11.4. The maximum atomic E-state index is 12.1. The molecule has 1 amide bonds. The number of fused-ring (bicyclic) bond motifs is 1. The van der Waals surface area contributed by atoms with Crippen molar-refractivity contribution in [2.45, 2.75) is 0 Å².